The smallest absolute Gasteiger partial charge is 0.241 e. The fourth-order valence-corrected chi connectivity index (χ4v) is 2.50. The molecule has 0 saturated heterocycles. The van der Waals surface area contributed by atoms with E-state index in [0.29, 0.717) is 24.6 Å². The van der Waals surface area contributed by atoms with Crippen molar-refractivity contribution < 1.29 is 17.9 Å². The topological polar surface area (TPSA) is 75.7 Å². The number of benzene rings is 1. The van der Waals surface area contributed by atoms with Crippen molar-refractivity contribution in [3.05, 3.63) is 36.9 Å². The van der Waals surface area contributed by atoms with Crippen molar-refractivity contribution in [3.63, 3.8) is 0 Å². The van der Waals surface area contributed by atoms with Crippen molar-refractivity contribution in [1.29, 1.82) is 0 Å². The Kier molecular flexibility index (Phi) is 6.23. The summed E-state index contributed by atoms with van der Waals surface area (Å²) in [6.07, 6.45) is 2.59. The zero-order valence-corrected chi connectivity index (χ0v) is 13.0. The van der Waals surface area contributed by atoms with E-state index in [9.17, 15) is 13.2 Å². The number of nitrogens with zero attached hydrogens (tertiary/aromatic N) is 1. The highest BCUT2D eigenvalue weighted by molar-refractivity contribution is 7.92. The molecule has 7 heteroatoms. The summed E-state index contributed by atoms with van der Waals surface area (Å²) in [6.45, 7) is 5.89. The fraction of sp³-hybridized carbons (Fsp3) is 0.357. The highest BCUT2D eigenvalue weighted by Crippen LogP contribution is 2.21. The van der Waals surface area contributed by atoms with Gasteiger partial charge in [0.25, 0.3) is 0 Å². The Labute approximate surface area is 125 Å². The van der Waals surface area contributed by atoms with Gasteiger partial charge in [-0.1, -0.05) is 6.08 Å². The van der Waals surface area contributed by atoms with E-state index in [0.717, 1.165) is 10.6 Å². The minimum absolute atomic E-state index is 0.277. The molecular formula is C14H20N2O4S. The molecule has 0 saturated carbocycles. The lowest BCUT2D eigenvalue weighted by Crippen LogP contribution is -2.40. The SMILES string of the molecule is C=CCNC(=O)CN(c1ccc(OCC)cc1)S(C)(=O)=O. The molecule has 1 rings (SSSR count). The summed E-state index contributed by atoms with van der Waals surface area (Å²) < 4.78 is 30.0. The predicted molar refractivity (Wildman–Crippen MR) is 83.0 cm³/mol. The van der Waals surface area contributed by atoms with Gasteiger partial charge in [0.1, 0.15) is 12.3 Å². The van der Waals surface area contributed by atoms with Gasteiger partial charge in [-0.15, -0.1) is 6.58 Å². The Morgan fingerprint density at radius 1 is 1.38 bits per heavy atom. The Morgan fingerprint density at radius 3 is 2.48 bits per heavy atom. The maximum Gasteiger partial charge on any atom is 0.241 e. The average Bonchev–Trinajstić information content (AvgIpc) is 2.43. The molecule has 0 aliphatic rings. The third-order valence-electron chi connectivity index (χ3n) is 2.57. The summed E-state index contributed by atoms with van der Waals surface area (Å²) in [5, 5.41) is 2.55. The van der Waals surface area contributed by atoms with Gasteiger partial charge in [0.15, 0.2) is 0 Å². The van der Waals surface area contributed by atoms with Gasteiger partial charge in [0.05, 0.1) is 18.6 Å². The minimum Gasteiger partial charge on any atom is -0.494 e. The van der Waals surface area contributed by atoms with E-state index in [1.807, 2.05) is 6.92 Å². The zero-order chi connectivity index (χ0) is 15.9. The molecule has 116 valence electrons. The first-order valence-electron chi connectivity index (χ1n) is 6.46. The molecule has 0 heterocycles. The molecule has 1 N–H and O–H groups in total. The van der Waals surface area contributed by atoms with Crippen molar-refractivity contribution in [1.82, 2.24) is 5.32 Å². The number of ether oxygens (including phenoxy) is 1. The van der Waals surface area contributed by atoms with Crippen molar-refractivity contribution in [2.24, 2.45) is 0 Å². The van der Waals surface area contributed by atoms with Crippen LogP contribution in [-0.2, 0) is 14.8 Å². The summed E-state index contributed by atoms with van der Waals surface area (Å²) in [5.74, 6) is 0.250. The van der Waals surface area contributed by atoms with Crippen molar-refractivity contribution in [2.75, 3.05) is 30.3 Å². The normalized spacial score (nSPS) is 10.8. The third-order valence-corrected chi connectivity index (χ3v) is 3.71. The molecular weight excluding hydrogens is 292 g/mol. The van der Waals surface area contributed by atoms with E-state index in [-0.39, 0.29) is 6.54 Å². The van der Waals surface area contributed by atoms with E-state index in [2.05, 4.69) is 11.9 Å². The number of sulfonamides is 1. The number of carbonyl (C=O) groups excluding carboxylic acids is 1. The molecule has 0 fully saturated rings. The van der Waals surface area contributed by atoms with Gasteiger partial charge < -0.3 is 10.1 Å². The molecule has 0 aliphatic heterocycles. The highest BCUT2D eigenvalue weighted by atomic mass is 32.2. The number of carbonyl (C=O) groups is 1. The molecule has 1 aromatic carbocycles. The van der Waals surface area contributed by atoms with Crippen LogP contribution in [0.15, 0.2) is 36.9 Å². The molecule has 0 aromatic heterocycles. The Balaban J connectivity index is 2.92. The molecule has 0 atom stereocenters. The molecule has 6 nitrogen and oxygen atoms in total. The maximum atomic E-state index is 11.8. The Hall–Kier alpha value is -2.02. The molecule has 0 unspecified atom stereocenters. The largest absolute Gasteiger partial charge is 0.494 e. The second kappa shape index (κ2) is 7.68. The highest BCUT2D eigenvalue weighted by Gasteiger charge is 2.20. The average molecular weight is 312 g/mol. The number of rotatable bonds is 8. The lowest BCUT2D eigenvalue weighted by Gasteiger charge is -2.22. The maximum absolute atomic E-state index is 11.8. The van der Waals surface area contributed by atoms with Crippen LogP contribution >= 0.6 is 0 Å². The fourth-order valence-electron chi connectivity index (χ4n) is 1.65. The summed E-state index contributed by atoms with van der Waals surface area (Å²) in [5.41, 5.74) is 0.412. The number of nitrogens with one attached hydrogen (secondary N) is 1. The van der Waals surface area contributed by atoms with Gasteiger partial charge in [-0.2, -0.15) is 0 Å². The van der Waals surface area contributed by atoms with E-state index < -0.39 is 15.9 Å². The number of amides is 1. The van der Waals surface area contributed by atoms with Crippen LogP contribution in [0, 0.1) is 0 Å². The van der Waals surface area contributed by atoms with Crippen LogP contribution in [0.4, 0.5) is 5.69 Å². The standard InChI is InChI=1S/C14H20N2O4S/c1-4-10-15-14(17)11-16(21(3,18)19)12-6-8-13(9-7-12)20-5-2/h4,6-9H,1,5,10-11H2,2-3H3,(H,15,17). The molecule has 0 bridgehead atoms. The Bertz CT molecular complexity index is 581. The lowest BCUT2D eigenvalue weighted by molar-refractivity contribution is -0.119. The Morgan fingerprint density at radius 2 is 2.00 bits per heavy atom. The van der Waals surface area contributed by atoms with E-state index in [1.165, 1.54) is 6.08 Å². The molecule has 0 spiro atoms. The van der Waals surface area contributed by atoms with Crippen LogP contribution in [0.2, 0.25) is 0 Å². The second-order valence-corrected chi connectivity index (χ2v) is 6.20. The van der Waals surface area contributed by atoms with Crippen molar-refractivity contribution in [2.45, 2.75) is 6.92 Å². The van der Waals surface area contributed by atoms with Crippen molar-refractivity contribution >= 4 is 21.6 Å². The third kappa shape index (κ3) is 5.47. The van der Waals surface area contributed by atoms with Gasteiger partial charge in [0.2, 0.25) is 15.9 Å². The lowest BCUT2D eigenvalue weighted by atomic mass is 10.3. The number of anilines is 1. The van der Waals surface area contributed by atoms with E-state index in [4.69, 9.17) is 4.74 Å². The molecule has 21 heavy (non-hydrogen) atoms. The second-order valence-electron chi connectivity index (χ2n) is 4.29. The quantitative estimate of drug-likeness (QED) is 0.731. The zero-order valence-electron chi connectivity index (χ0n) is 12.2. The first-order chi connectivity index (χ1) is 9.88. The van der Waals surface area contributed by atoms with Crippen molar-refractivity contribution in [3.8, 4) is 5.75 Å². The number of hydrogen-bond acceptors (Lipinski definition) is 4. The van der Waals surface area contributed by atoms with Crippen LogP contribution < -0.4 is 14.4 Å². The predicted octanol–water partition coefficient (Wildman–Crippen LogP) is 1.15. The minimum atomic E-state index is -3.56. The molecule has 1 amide bonds. The summed E-state index contributed by atoms with van der Waals surface area (Å²) in [6, 6.07) is 6.54. The monoisotopic (exact) mass is 312 g/mol. The number of hydrogen-bond donors (Lipinski definition) is 1. The van der Waals surface area contributed by atoms with Crippen LogP contribution in [0.3, 0.4) is 0 Å². The van der Waals surface area contributed by atoms with Crippen LogP contribution in [-0.4, -0.2) is 40.3 Å². The van der Waals surface area contributed by atoms with Gasteiger partial charge in [-0.3, -0.25) is 9.10 Å². The molecule has 0 aliphatic carbocycles. The van der Waals surface area contributed by atoms with E-state index >= 15 is 0 Å². The van der Waals surface area contributed by atoms with Crippen LogP contribution in [0.5, 0.6) is 5.75 Å². The van der Waals surface area contributed by atoms with Gasteiger partial charge in [-0.25, -0.2) is 8.42 Å². The first-order valence-corrected chi connectivity index (χ1v) is 8.31. The van der Waals surface area contributed by atoms with E-state index in [1.54, 1.807) is 24.3 Å². The molecule has 0 radical (unpaired) electrons. The molecule has 1 aromatic rings. The van der Waals surface area contributed by atoms with Gasteiger partial charge >= 0.3 is 0 Å². The summed E-state index contributed by atoms with van der Waals surface area (Å²) in [4.78, 5) is 11.7. The van der Waals surface area contributed by atoms with Gasteiger partial charge in [-0.05, 0) is 31.2 Å². The summed E-state index contributed by atoms with van der Waals surface area (Å²) >= 11 is 0. The van der Waals surface area contributed by atoms with Gasteiger partial charge in [0, 0.05) is 6.54 Å². The first kappa shape index (κ1) is 17.0. The summed E-state index contributed by atoms with van der Waals surface area (Å²) in [7, 11) is -3.56. The van der Waals surface area contributed by atoms with Crippen LogP contribution in [0.25, 0.3) is 0 Å². The van der Waals surface area contributed by atoms with Crippen LogP contribution in [0.1, 0.15) is 6.92 Å².